The molecule has 3 rings (SSSR count). The highest BCUT2D eigenvalue weighted by atomic mass is 16.5. The number of ether oxygens (including phenoxy) is 1. The van der Waals surface area contributed by atoms with Crippen LogP contribution in [0.4, 0.5) is 0 Å². The van der Waals surface area contributed by atoms with Crippen molar-refractivity contribution in [2.45, 2.75) is 13.8 Å². The molecule has 1 N–H and O–H groups in total. The van der Waals surface area contributed by atoms with Crippen LogP contribution >= 0.6 is 0 Å². The first kappa shape index (κ1) is 16.6. The number of pyridine rings is 1. The van der Waals surface area contributed by atoms with Crippen molar-refractivity contribution in [3.63, 3.8) is 0 Å². The number of amides is 1. The van der Waals surface area contributed by atoms with E-state index in [-0.39, 0.29) is 18.9 Å². The van der Waals surface area contributed by atoms with Gasteiger partial charge in [-0.2, -0.15) is 5.10 Å². The molecule has 0 atom stereocenters. The molecule has 3 aromatic rings. The number of hydrogen-bond donors (Lipinski definition) is 1. The molecule has 3 heterocycles. The highest BCUT2D eigenvalue weighted by Gasteiger charge is 2.20. The lowest BCUT2D eigenvalue weighted by molar-refractivity contribution is -0.141. The van der Waals surface area contributed by atoms with Gasteiger partial charge < -0.3 is 14.6 Å². The predicted octanol–water partition coefficient (Wildman–Crippen LogP) is 1.22. The van der Waals surface area contributed by atoms with E-state index >= 15 is 0 Å². The van der Waals surface area contributed by atoms with E-state index in [2.05, 4.69) is 20.6 Å². The largest absolute Gasteiger partial charge is 0.465 e. The van der Waals surface area contributed by atoms with Crippen LogP contribution in [-0.4, -0.2) is 44.9 Å². The lowest BCUT2D eigenvalue weighted by Crippen LogP contribution is -2.30. The molecule has 0 spiro atoms. The molecular weight excluding hydrogens is 326 g/mol. The normalized spacial score (nSPS) is 10.8. The van der Waals surface area contributed by atoms with Crippen LogP contribution in [0.2, 0.25) is 0 Å². The van der Waals surface area contributed by atoms with Crippen molar-refractivity contribution in [3.05, 3.63) is 29.7 Å². The second-order valence-corrected chi connectivity index (χ2v) is 5.39. The number of hydrogen-bond acceptors (Lipinski definition) is 7. The Morgan fingerprint density at radius 2 is 2.20 bits per heavy atom. The van der Waals surface area contributed by atoms with E-state index in [1.54, 1.807) is 44.0 Å². The van der Waals surface area contributed by atoms with Crippen molar-refractivity contribution in [2.75, 3.05) is 13.2 Å². The average molecular weight is 343 g/mol. The van der Waals surface area contributed by atoms with Crippen LogP contribution in [-0.2, 0) is 16.6 Å². The third-order valence-corrected chi connectivity index (χ3v) is 3.56. The Balaban J connectivity index is 1.98. The standard InChI is InChI=1S/C16H17N5O4/c1-4-24-13(22)7-17-15(23)11-5-12(10-6-18-21(3)8-10)19-16-14(11)9(2)20-25-16/h5-6,8H,4,7H2,1-3H3,(H,17,23). The van der Waals surface area contributed by atoms with Gasteiger partial charge in [0.15, 0.2) is 0 Å². The van der Waals surface area contributed by atoms with Gasteiger partial charge in [-0.05, 0) is 19.9 Å². The van der Waals surface area contributed by atoms with Gasteiger partial charge in [-0.15, -0.1) is 0 Å². The Morgan fingerprint density at radius 3 is 2.88 bits per heavy atom. The smallest absolute Gasteiger partial charge is 0.325 e. The first-order chi connectivity index (χ1) is 12.0. The first-order valence-corrected chi connectivity index (χ1v) is 7.69. The summed E-state index contributed by atoms with van der Waals surface area (Å²) in [6, 6.07) is 1.63. The number of aromatic nitrogens is 4. The molecule has 130 valence electrons. The zero-order valence-electron chi connectivity index (χ0n) is 14.1. The quantitative estimate of drug-likeness (QED) is 0.693. The maximum atomic E-state index is 12.6. The molecule has 0 aliphatic heterocycles. The van der Waals surface area contributed by atoms with Gasteiger partial charge in [-0.3, -0.25) is 14.3 Å². The van der Waals surface area contributed by atoms with Crippen LogP contribution in [0, 0.1) is 6.92 Å². The van der Waals surface area contributed by atoms with Gasteiger partial charge in [0.2, 0.25) is 0 Å². The molecule has 0 unspecified atom stereocenters. The summed E-state index contributed by atoms with van der Waals surface area (Å²) in [6.07, 6.45) is 3.41. The fraction of sp³-hybridized carbons (Fsp3) is 0.312. The molecular formula is C16H17N5O4. The summed E-state index contributed by atoms with van der Waals surface area (Å²) in [6.45, 7) is 3.46. The number of carbonyl (C=O) groups excluding carboxylic acids is 2. The Kier molecular flexibility index (Phi) is 4.46. The van der Waals surface area contributed by atoms with Crippen LogP contribution in [0.25, 0.3) is 22.4 Å². The summed E-state index contributed by atoms with van der Waals surface area (Å²) >= 11 is 0. The van der Waals surface area contributed by atoms with Gasteiger partial charge in [0.25, 0.3) is 11.6 Å². The number of esters is 1. The van der Waals surface area contributed by atoms with Crippen LogP contribution < -0.4 is 5.32 Å². The lowest BCUT2D eigenvalue weighted by atomic mass is 10.1. The van der Waals surface area contributed by atoms with E-state index in [1.807, 2.05) is 0 Å². The van der Waals surface area contributed by atoms with Gasteiger partial charge in [-0.25, -0.2) is 4.98 Å². The number of carbonyl (C=O) groups is 2. The van der Waals surface area contributed by atoms with Crippen LogP contribution in [0.5, 0.6) is 0 Å². The monoisotopic (exact) mass is 343 g/mol. The fourth-order valence-corrected chi connectivity index (χ4v) is 2.43. The second kappa shape index (κ2) is 6.71. The van der Waals surface area contributed by atoms with Gasteiger partial charge in [0.05, 0.1) is 35.1 Å². The van der Waals surface area contributed by atoms with Crippen molar-refractivity contribution in [3.8, 4) is 11.3 Å². The Labute approximate surface area is 143 Å². The summed E-state index contributed by atoms with van der Waals surface area (Å²) in [4.78, 5) is 28.4. The molecule has 0 saturated heterocycles. The van der Waals surface area contributed by atoms with Gasteiger partial charge in [0.1, 0.15) is 6.54 Å². The molecule has 0 bridgehead atoms. The molecule has 0 aliphatic rings. The van der Waals surface area contributed by atoms with Crippen molar-refractivity contribution in [1.82, 2.24) is 25.2 Å². The van der Waals surface area contributed by atoms with Crippen LogP contribution in [0.3, 0.4) is 0 Å². The third-order valence-electron chi connectivity index (χ3n) is 3.56. The molecule has 0 aromatic carbocycles. The van der Waals surface area contributed by atoms with E-state index in [0.717, 1.165) is 5.56 Å². The van der Waals surface area contributed by atoms with Crippen molar-refractivity contribution in [2.24, 2.45) is 7.05 Å². The number of nitrogens with zero attached hydrogens (tertiary/aromatic N) is 4. The molecule has 0 aliphatic carbocycles. The predicted molar refractivity (Wildman–Crippen MR) is 87.7 cm³/mol. The number of rotatable bonds is 5. The summed E-state index contributed by atoms with van der Waals surface area (Å²) in [5.41, 5.74) is 2.38. The maximum Gasteiger partial charge on any atom is 0.325 e. The van der Waals surface area contributed by atoms with E-state index in [0.29, 0.717) is 22.3 Å². The van der Waals surface area contributed by atoms with Crippen molar-refractivity contribution < 1.29 is 18.8 Å². The molecule has 0 saturated carbocycles. The number of fused-ring (bicyclic) bond motifs is 1. The summed E-state index contributed by atoms with van der Waals surface area (Å²) in [5.74, 6) is -0.937. The zero-order chi connectivity index (χ0) is 18.0. The van der Waals surface area contributed by atoms with E-state index in [9.17, 15) is 9.59 Å². The fourth-order valence-electron chi connectivity index (χ4n) is 2.43. The van der Waals surface area contributed by atoms with Crippen LogP contribution in [0.15, 0.2) is 23.0 Å². The second-order valence-electron chi connectivity index (χ2n) is 5.39. The van der Waals surface area contributed by atoms with Crippen molar-refractivity contribution >= 4 is 23.0 Å². The third kappa shape index (κ3) is 3.35. The Bertz CT molecular complexity index is 943. The van der Waals surface area contributed by atoms with Gasteiger partial charge in [-0.1, -0.05) is 5.16 Å². The highest BCUT2D eigenvalue weighted by molar-refractivity contribution is 6.07. The Morgan fingerprint density at radius 1 is 1.40 bits per heavy atom. The van der Waals surface area contributed by atoms with E-state index < -0.39 is 11.9 Å². The lowest BCUT2D eigenvalue weighted by Gasteiger charge is -2.07. The first-order valence-electron chi connectivity index (χ1n) is 7.69. The number of nitrogens with one attached hydrogen (secondary N) is 1. The molecule has 25 heavy (non-hydrogen) atoms. The van der Waals surface area contributed by atoms with E-state index in [1.165, 1.54) is 0 Å². The minimum atomic E-state index is -0.504. The van der Waals surface area contributed by atoms with Crippen LogP contribution in [0.1, 0.15) is 23.0 Å². The summed E-state index contributed by atoms with van der Waals surface area (Å²) in [7, 11) is 1.79. The highest BCUT2D eigenvalue weighted by Crippen LogP contribution is 2.26. The van der Waals surface area contributed by atoms with E-state index in [4.69, 9.17) is 9.26 Å². The molecule has 1 amide bonds. The minimum absolute atomic E-state index is 0.219. The topological polar surface area (TPSA) is 112 Å². The minimum Gasteiger partial charge on any atom is -0.465 e. The van der Waals surface area contributed by atoms with Crippen molar-refractivity contribution in [1.29, 1.82) is 0 Å². The summed E-state index contributed by atoms with van der Waals surface area (Å²) in [5, 5.41) is 11.0. The van der Waals surface area contributed by atoms with Gasteiger partial charge in [0, 0.05) is 18.8 Å². The average Bonchev–Trinajstić information content (AvgIpc) is 3.18. The molecule has 9 heteroatoms. The molecule has 3 aromatic heterocycles. The molecule has 0 fully saturated rings. The molecule has 9 nitrogen and oxygen atoms in total. The van der Waals surface area contributed by atoms with Gasteiger partial charge >= 0.3 is 5.97 Å². The molecule has 0 radical (unpaired) electrons. The summed E-state index contributed by atoms with van der Waals surface area (Å²) < 4.78 is 11.7. The number of aryl methyl sites for hydroxylation is 2. The zero-order valence-corrected chi connectivity index (χ0v) is 14.1. The Hall–Kier alpha value is -3.23. The SMILES string of the molecule is CCOC(=O)CNC(=O)c1cc(-c2cnn(C)c2)nc2onc(C)c12. The maximum absolute atomic E-state index is 12.6.